The van der Waals surface area contributed by atoms with Crippen LogP contribution in [-0.4, -0.2) is 119 Å². The molecule has 2 aliphatic rings. The Morgan fingerprint density at radius 1 is 0.765 bits per heavy atom. The molecule has 32 heteroatoms. The fraction of sp³-hybridized carbons (Fsp3) is 0.526. The fourth-order valence-corrected chi connectivity index (χ4v) is 16.0. The van der Waals surface area contributed by atoms with Crippen LogP contribution in [0.2, 0.25) is 0 Å². The maximum Gasteiger partial charge on any atom is 0.339 e. The van der Waals surface area contributed by atoms with Crippen molar-refractivity contribution in [1.82, 2.24) is 29.1 Å². The van der Waals surface area contributed by atoms with Gasteiger partial charge in [-0.05, 0) is 47.2 Å². The molecule has 5 heterocycles. The summed E-state index contributed by atoms with van der Waals surface area (Å²) in [6.07, 6.45) is -8.77. The molecule has 0 amide bonds. The zero-order valence-electron chi connectivity index (χ0n) is 24.8. The van der Waals surface area contributed by atoms with Crippen LogP contribution in [0.25, 0.3) is 11.2 Å². The third-order valence-corrected chi connectivity index (χ3v) is 17.0. The van der Waals surface area contributed by atoms with E-state index >= 15 is 0 Å². The highest BCUT2D eigenvalue weighted by Gasteiger charge is 2.47. The molecule has 0 aromatic carbocycles. The smallest absolute Gasteiger partial charge is 0.339 e. The van der Waals surface area contributed by atoms with Crippen LogP contribution >= 0.6 is 26.9 Å². The van der Waals surface area contributed by atoms with Crippen molar-refractivity contribution in [1.29, 1.82) is 0 Å². The molecule has 284 valence electrons. The topological polar surface area (TPSA) is 351 Å². The number of rotatable bonds is 14. The molecule has 24 nitrogen and oxygen atoms in total. The number of H-pyrrole nitrogens is 1. The van der Waals surface area contributed by atoms with Crippen molar-refractivity contribution in [2.75, 3.05) is 18.9 Å². The van der Waals surface area contributed by atoms with E-state index in [0.717, 1.165) is 23.2 Å². The summed E-state index contributed by atoms with van der Waals surface area (Å²) in [6.45, 7) is -20.5. The molecule has 4 unspecified atom stereocenters. The van der Waals surface area contributed by atoms with E-state index in [1.807, 2.05) is 4.98 Å². The average molecular weight is 878 g/mol. The summed E-state index contributed by atoms with van der Waals surface area (Å²) in [7, 11) is 0. The lowest BCUT2D eigenvalue weighted by molar-refractivity contribution is -0.0526. The Balaban J connectivity index is 1.14. The molecule has 3 aromatic heterocycles. The molecule has 3 aromatic rings. The Hall–Kier alpha value is -0.970. The Labute approximate surface area is 304 Å². The average Bonchev–Trinajstić information content (AvgIpc) is 3.64. The van der Waals surface area contributed by atoms with Gasteiger partial charge in [0.15, 0.2) is 23.9 Å². The van der Waals surface area contributed by atoms with Crippen LogP contribution in [-0.2, 0) is 78.7 Å². The number of nitrogens with one attached hydrogen (secondary N) is 1. The maximum atomic E-state index is 12.1. The van der Waals surface area contributed by atoms with Crippen molar-refractivity contribution < 1.29 is 71.5 Å². The van der Waals surface area contributed by atoms with Gasteiger partial charge >= 0.3 is 32.6 Å². The molecule has 0 spiro atoms. The molecule has 12 atom stereocenters. The first kappa shape index (κ1) is 41.2. The maximum absolute atomic E-state index is 12.1. The molecule has 0 saturated carbocycles. The first-order chi connectivity index (χ1) is 23.6. The summed E-state index contributed by atoms with van der Waals surface area (Å²) in [5.74, 6) is 0.0508. The molecule has 0 bridgehead atoms. The second-order valence-electron chi connectivity index (χ2n) is 10.4. The van der Waals surface area contributed by atoms with Crippen LogP contribution in [0.15, 0.2) is 34.5 Å². The summed E-state index contributed by atoms with van der Waals surface area (Å²) in [4.78, 5) is 79.2. The normalized spacial score (nSPS) is 31.5. The van der Waals surface area contributed by atoms with Gasteiger partial charge in [-0.15, -0.1) is 0 Å². The zero-order chi connectivity index (χ0) is 37.7. The van der Waals surface area contributed by atoms with Crippen LogP contribution in [0.1, 0.15) is 12.5 Å². The lowest BCUT2D eigenvalue weighted by Gasteiger charge is -2.27. The van der Waals surface area contributed by atoms with E-state index in [2.05, 4.69) is 15.0 Å². The highest BCUT2D eigenvalue weighted by molar-refractivity contribution is 8.19. The van der Waals surface area contributed by atoms with Crippen molar-refractivity contribution in [2.45, 2.75) is 49.1 Å². The Morgan fingerprint density at radius 2 is 1.25 bits per heavy atom. The number of aliphatic hydroxyl groups is 4. The molecule has 0 radical (unpaired) electrons. The minimum atomic E-state index is -4.88. The van der Waals surface area contributed by atoms with Gasteiger partial charge in [0.05, 0.1) is 19.5 Å². The molecule has 2 aliphatic heterocycles. The van der Waals surface area contributed by atoms with Crippen molar-refractivity contribution in [3.8, 4) is 0 Å². The summed E-state index contributed by atoms with van der Waals surface area (Å²) in [5, 5.41) is 41.8. The lowest BCUT2D eigenvalue weighted by atomic mass is 10.1. The number of imidazole rings is 1. The van der Waals surface area contributed by atoms with Gasteiger partial charge in [-0.2, -0.15) is 0 Å². The number of nitrogens with two attached hydrogens (primary N) is 1. The van der Waals surface area contributed by atoms with Gasteiger partial charge in [-0.1, -0.05) is 0 Å². The number of aromatic nitrogens is 6. The van der Waals surface area contributed by atoms with Crippen molar-refractivity contribution in [3.05, 3.63) is 45.8 Å². The van der Waals surface area contributed by atoms with Gasteiger partial charge in [-0.25, -0.2) is 32.7 Å². The van der Waals surface area contributed by atoms with Gasteiger partial charge in [0.2, 0.25) is 0 Å². The van der Waals surface area contributed by atoms with Crippen molar-refractivity contribution in [3.63, 3.8) is 0 Å². The molecule has 2 saturated heterocycles. The van der Waals surface area contributed by atoms with Crippen molar-refractivity contribution in [2.24, 2.45) is 0 Å². The van der Waals surface area contributed by atoms with Crippen LogP contribution in [0.4, 0.5) is 5.82 Å². The molecular formula is C19H27N7O17P4S4. The van der Waals surface area contributed by atoms with E-state index in [9.17, 15) is 49.6 Å². The predicted octanol–water partition coefficient (Wildman–Crippen LogP) is -2.85. The molecule has 2 fully saturated rings. The summed E-state index contributed by atoms with van der Waals surface area (Å²) < 4.78 is 37.6. The van der Waals surface area contributed by atoms with Crippen LogP contribution in [0.5, 0.6) is 0 Å². The number of hydrogen-bond donors (Lipinski definition) is 10. The minimum absolute atomic E-state index is 0.0508. The Kier molecular flexibility index (Phi) is 12.6. The standard InChI is InChI=1S/C19H27N7O17P4S4/c20-15-10-16(22-5-21-15)26(6-23-10)18-14(31)12(29)8(40-18)4-38-45(34,49)42-47(36,51)43-46(35,50)41-44(33,48)37-3-7-11(28)13(30)17(39-7)25-2-1-9(27)24-19(25)32/h1-2,5-8,11-14,17-18,28-31H,3-4H2,(H,33,48)(H,34,49)(H,35,50)(H,36,51)(H2,20,21,22)(H,24,27,32)/t7-,8-,11-,12-,13-,14-,17-,18-,44?,45?,46?,47?/m1/s1. The van der Waals surface area contributed by atoms with Gasteiger partial charge in [0.25, 0.3) is 5.56 Å². The highest BCUT2D eigenvalue weighted by atomic mass is 32.5. The number of nitrogens with zero attached hydrogens (tertiary/aromatic N) is 5. The lowest BCUT2D eigenvalue weighted by Crippen LogP contribution is -2.37. The first-order valence-corrected chi connectivity index (χ1v) is 24.0. The van der Waals surface area contributed by atoms with Gasteiger partial charge in [0, 0.05) is 12.3 Å². The molecular weight excluding hydrogens is 850 g/mol. The van der Waals surface area contributed by atoms with Gasteiger partial charge < -0.3 is 64.3 Å². The fourth-order valence-electron chi connectivity index (χ4n) is 4.68. The summed E-state index contributed by atoms with van der Waals surface area (Å²) in [5.41, 5.74) is 4.45. The highest BCUT2D eigenvalue weighted by Crippen LogP contribution is 2.72. The Bertz CT molecular complexity index is 2090. The second-order valence-corrected chi connectivity index (χ2v) is 22.2. The number of aliphatic hydroxyl groups excluding tert-OH is 4. The number of aromatic amines is 1. The number of fused-ring (bicyclic) bond motifs is 1. The molecule has 0 aliphatic carbocycles. The number of anilines is 1. The zero-order valence-corrected chi connectivity index (χ0v) is 31.7. The predicted molar refractivity (Wildman–Crippen MR) is 184 cm³/mol. The third kappa shape index (κ3) is 9.83. The van der Waals surface area contributed by atoms with Gasteiger partial charge in [0.1, 0.15) is 48.5 Å². The van der Waals surface area contributed by atoms with Crippen LogP contribution in [0.3, 0.4) is 0 Å². The summed E-state index contributed by atoms with van der Waals surface area (Å²) >= 11 is 19.1. The van der Waals surface area contributed by atoms with E-state index in [0.29, 0.717) is 0 Å². The van der Waals surface area contributed by atoms with E-state index < -0.39 is 100 Å². The minimum Gasteiger partial charge on any atom is -0.387 e. The second kappa shape index (κ2) is 15.6. The van der Waals surface area contributed by atoms with Crippen LogP contribution in [0, 0.1) is 0 Å². The number of nitrogen functional groups attached to an aromatic ring is 1. The molecule has 5 rings (SSSR count). The van der Waals surface area contributed by atoms with Crippen molar-refractivity contribution >= 4 is 91.1 Å². The Morgan fingerprint density at radius 3 is 1.76 bits per heavy atom. The molecule has 51 heavy (non-hydrogen) atoms. The quantitative estimate of drug-likeness (QED) is 0.0729. The largest absolute Gasteiger partial charge is 0.387 e. The van der Waals surface area contributed by atoms with E-state index in [4.69, 9.17) is 84.4 Å². The van der Waals surface area contributed by atoms with E-state index in [1.165, 1.54) is 10.9 Å². The SMILES string of the molecule is Nc1ncnc2c1ncn2[C@@H]1O[C@H](COP(O)(=S)OP(O)(=S)OP(O)(=S)OP(O)(=S)OC[C@H]2O[C@@H](n3ccc(=O)[nH]c3=O)[C@H](O)[C@@H]2O)[C@@H](O)[C@H]1O. The third-order valence-electron chi connectivity index (χ3n) is 6.88. The number of hydrogen-bond acceptors (Lipinski definition) is 21. The van der Waals surface area contributed by atoms with E-state index in [-0.39, 0.29) is 17.0 Å². The first-order valence-electron chi connectivity index (χ1n) is 13.6. The monoisotopic (exact) mass is 877 g/mol. The number of ether oxygens (including phenoxy) is 2. The van der Waals surface area contributed by atoms with Crippen LogP contribution < -0.4 is 17.0 Å². The molecule has 11 N–H and O–H groups in total. The van der Waals surface area contributed by atoms with Gasteiger partial charge in [-0.3, -0.25) is 18.9 Å². The summed E-state index contributed by atoms with van der Waals surface area (Å²) in [6, 6.07) is 0.963. The van der Waals surface area contributed by atoms with E-state index in [1.54, 1.807) is 0 Å².